The Kier molecular flexibility index (Phi) is 8.05. The second-order valence-electron chi connectivity index (χ2n) is 9.32. The van der Waals surface area contributed by atoms with E-state index in [1.54, 1.807) is 13.2 Å². The predicted octanol–water partition coefficient (Wildman–Crippen LogP) is 4.67. The fourth-order valence-electron chi connectivity index (χ4n) is 4.35. The minimum absolute atomic E-state index is 0.209. The highest BCUT2D eigenvalue weighted by Crippen LogP contribution is 2.26. The first kappa shape index (κ1) is 25.4. The quantitative estimate of drug-likeness (QED) is 0.476. The number of carbonyl (C=O) groups excluding carboxylic acids is 2. The van der Waals surface area contributed by atoms with E-state index in [-0.39, 0.29) is 16.9 Å². The normalized spacial score (nSPS) is 13.6. The first-order valence-electron chi connectivity index (χ1n) is 12.2. The van der Waals surface area contributed by atoms with Crippen LogP contribution in [0.4, 0.5) is 11.4 Å². The summed E-state index contributed by atoms with van der Waals surface area (Å²) in [5.74, 6) is 0.767. The van der Waals surface area contributed by atoms with Gasteiger partial charge in [0.1, 0.15) is 5.75 Å². The standard InChI is InChI=1S/C28H32N4O3S/c1-19(2)16-26(33)32-14-12-31(13-15-32)23-10-8-22(9-11-23)29-28(36)30-27(34)24-17-20-6-4-5-7-21(20)18-25(24)35-3/h4-11,17-19H,12-16H2,1-3H3,(H2,29,30,34,36). The van der Waals surface area contributed by atoms with Gasteiger partial charge in [0.2, 0.25) is 5.91 Å². The van der Waals surface area contributed by atoms with Crippen molar-refractivity contribution < 1.29 is 14.3 Å². The molecule has 1 fully saturated rings. The maximum absolute atomic E-state index is 12.9. The first-order valence-corrected chi connectivity index (χ1v) is 12.6. The smallest absolute Gasteiger partial charge is 0.261 e. The van der Waals surface area contributed by atoms with Gasteiger partial charge in [0.25, 0.3) is 5.91 Å². The second kappa shape index (κ2) is 11.4. The molecule has 1 heterocycles. The number of rotatable bonds is 6. The molecular weight excluding hydrogens is 472 g/mol. The zero-order chi connectivity index (χ0) is 25.7. The molecule has 7 nitrogen and oxygen atoms in total. The Morgan fingerprint density at radius 1 is 0.972 bits per heavy atom. The summed E-state index contributed by atoms with van der Waals surface area (Å²) in [7, 11) is 1.54. The molecule has 0 aromatic heterocycles. The van der Waals surface area contributed by atoms with Gasteiger partial charge in [0.15, 0.2) is 5.11 Å². The van der Waals surface area contributed by atoms with Crippen molar-refractivity contribution in [3.8, 4) is 5.75 Å². The molecule has 36 heavy (non-hydrogen) atoms. The van der Waals surface area contributed by atoms with E-state index in [4.69, 9.17) is 17.0 Å². The summed E-state index contributed by atoms with van der Waals surface area (Å²) in [4.78, 5) is 29.4. The number of nitrogens with zero attached hydrogens (tertiary/aromatic N) is 2. The van der Waals surface area contributed by atoms with Crippen LogP contribution in [0.3, 0.4) is 0 Å². The molecule has 188 valence electrons. The van der Waals surface area contributed by atoms with Gasteiger partial charge in [-0.1, -0.05) is 38.1 Å². The minimum Gasteiger partial charge on any atom is -0.496 e. The van der Waals surface area contributed by atoms with Gasteiger partial charge in [0, 0.05) is 44.0 Å². The average Bonchev–Trinajstić information content (AvgIpc) is 2.88. The maximum Gasteiger partial charge on any atom is 0.261 e. The van der Waals surface area contributed by atoms with Crippen LogP contribution in [0.15, 0.2) is 60.7 Å². The Balaban J connectivity index is 1.33. The summed E-state index contributed by atoms with van der Waals surface area (Å²) < 4.78 is 5.43. The molecule has 0 saturated carbocycles. The number of hydrogen-bond acceptors (Lipinski definition) is 5. The van der Waals surface area contributed by atoms with Gasteiger partial charge in [-0.25, -0.2) is 0 Å². The van der Waals surface area contributed by atoms with E-state index in [2.05, 4.69) is 29.4 Å². The number of piperazine rings is 1. The third kappa shape index (κ3) is 6.12. The summed E-state index contributed by atoms with van der Waals surface area (Å²) in [6.07, 6.45) is 0.602. The molecule has 8 heteroatoms. The maximum atomic E-state index is 12.9. The van der Waals surface area contributed by atoms with E-state index >= 15 is 0 Å². The summed E-state index contributed by atoms with van der Waals surface area (Å²) in [6.45, 7) is 7.22. The number of carbonyl (C=O) groups is 2. The van der Waals surface area contributed by atoms with Crippen LogP contribution < -0.4 is 20.3 Å². The largest absolute Gasteiger partial charge is 0.496 e. The number of benzene rings is 3. The zero-order valence-electron chi connectivity index (χ0n) is 20.9. The van der Waals surface area contributed by atoms with Crippen molar-refractivity contribution in [2.24, 2.45) is 5.92 Å². The molecule has 2 N–H and O–H groups in total. The summed E-state index contributed by atoms with van der Waals surface area (Å²) >= 11 is 5.38. The highest BCUT2D eigenvalue weighted by atomic mass is 32.1. The number of anilines is 2. The Hall–Kier alpha value is -3.65. The minimum atomic E-state index is -0.336. The van der Waals surface area contributed by atoms with Crippen LogP contribution in [-0.4, -0.2) is 55.1 Å². The van der Waals surface area contributed by atoms with Crippen molar-refractivity contribution in [2.75, 3.05) is 43.5 Å². The third-order valence-electron chi connectivity index (χ3n) is 6.25. The van der Waals surface area contributed by atoms with Crippen molar-refractivity contribution in [3.63, 3.8) is 0 Å². The molecule has 3 aromatic rings. The van der Waals surface area contributed by atoms with E-state index in [0.29, 0.717) is 23.7 Å². The third-order valence-corrected chi connectivity index (χ3v) is 6.45. The molecule has 4 rings (SSSR count). The van der Waals surface area contributed by atoms with Crippen molar-refractivity contribution >= 4 is 51.3 Å². The van der Waals surface area contributed by atoms with E-state index in [0.717, 1.165) is 48.3 Å². The monoisotopic (exact) mass is 504 g/mol. The molecular formula is C28H32N4O3S. The Morgan fingerprint density at radius 3 is 2.22 bits per heavy atom. The molecule has 0 aliphatic carbocycles. The predicted molar refractivity (Wildman–Crippen MR) is 149 cm³/mol. The molecule has 1 aliphatic heterocycles. The molecule has 0 spiro atoms. The zero-order valence-corrected chi connectivity index (χ0v) is 21.7. The van der Waals surface area contributed by atoms with Crippen LogP contribution in [0.1, 0.15) is 30.6 Å². The first-order chi connectivity index (χ1) is 17.3. The highest BCUT2D eigenvalue weighted by molar-refractivity contribution is 7.80. The Morgan fingerprint density at radius 2 is 1.61 bits per heavy atom. The second-order valence-corrected chi connectivity index (χ2v) is 9.73. The lowest BCUT2D eigenvalue weighted by atomic mass is 10.1. The number of nitrogens with one attached hydrogen (secondary N) is 2. The van der Waals surface area contributed by atoms with Crippen LogP contribution in [0, 0.1) is 5.92 Å². The van der Waals surface area contributed by atoms with Gasteiger partial charge in [-0.05, 0) is 65.3 Å². The van der Waals surface area contributed by atoms with Crippen LogP contribution in [0.5, 0.6) is 5.75 Å². The van der Waals surface area contributed by atoms with Gasteiger partial charge < -0.3 is 19.9 Å². The molecule has 3 aromatic carbocycles. The lowest BCUT2D eigenvalue weighted by Gasteiger charge is -2.36. The number of hydrogen-bond donors (Lipinski definition) is 2. The van der Waals surface area contributed by atoms with Crippen LogP contribution in [0.25, 0.3) is 10.8 Å². The van der Waals surface area contributed by atoms with E-state index < -0.39 is 0 Å². The average molecular weight is 505 g/mol. The van der Waals surface area contributed by atoms with E-state index in [1.807, 2.05) is 59.5 Å². The van der Waals surface area contributed by atoms with Crippen LogP contribution >= 0.6 is 12.2 Å². The molecule has 2 amide bonds. The molecule has 0 unspecified atom stereocenters. The van der Waals surface area contributed by atoms with Crippen LogP contribution in [-0.2, 0) is 4.79 Å². The molecule has 0 bridgehead atoms. The van der Waals surface area contributed by atoms with E-state index in [1.165, 1.54) is 0 Å². The summed E-state index contributed by atoms with van der Waals surface area (Å²) in [5.41, 5.74) is 2.29. The van der Waals surface area contributed by atoms with Crippen molar-refractivity contribution in [1.29, 1.82) is 0 Å². The van der Waals surface area contributed by atoms with Crippen LogP contribution in [0.2, 0.25) is 0 Å². The topological polar surface area (TPSA) is 73.9 Å². The van der Waals surface area contributed by atoms with Gasteiger partial charge in [-0.15, -0.1) is 0 Å². The number of amides is 2. The molecule has 0 radical (unpaired) electrons. The lowest BCUT2D eigenvalue weighted by Crippen LogP contribution is -2.49. The van der Waals surface area contributed by atoms with E-state index in [9.17, 15) is 9.59 Å². The summed E-state index contributed by atoms with van der Waals surface area (Å²) in [5, 5.41) is 7.97. The van der Waals surface area contributed by atoms with Crippen molar-refractivity contribution in [3.05, 3.63) is 66.2 Å². The number of ether oxygens (including phenoxy) is 1. The SMILES string of the molecule is COc1cc2ccccc2cc1C(=O)NC(=S)Nc1ccc(N2CCN(C(=O)CC(C)C)CC2)cc1. The Labute approximate surface area is 217 Å². The van der Waals surface area contributed by atoms with Gasteiger partial charge in [-0.2, -0.15) is 0 Å². The fraction of sp³-hybridized carbons (Fsp3) is 0.321. The van der Waals surface area contributed by atoms with Gasteiger partial charge >= 0.3 is 0 Å². The number of methoxy groups -OCH3 is 1. The highest BCUT2D eigenvalue weighted by Gasteiger charge is 2.22. The molecule has 0 atom stereocenters. The lowest BCUT2D eigenvalue weighted by molar-refractivity contribution is -0.132. The van der Waals surface area contributed by atoms with Gasteiger partial charge in [0.05, 0.1) is 12.7 Å². The van der Waals surface area contributed by atoms with Gasteiger partial charge in [-0.3, -0.25) is 14.9 Å². The molecule has 1 aliphatic rings. The summed E-state index contributed by atoms with van der Waals surface area (Å²) in [6, 6.07) is 19.3. The van der Waals surface area contributed by atoms with Crippen molar-refractivity contribution in [1.82, 2.24) is 10.2 Å². The Bertz CT molecular complexity index is 1250. The number of fused-ring (bicyclic) bond motifs is 1. The molecule has 1 saturated heterocycles. The fourth-order valence-corrected chi connectivity index (χ4v) is 4.56. The van der Waals surface area contributed by atoms with Crippen molar-refractivity contribution in [2.45, 2.75) is 20.3 Å². The number of thiocarbonyl (C=S) groups is 1.